The standard InChI is InChI=1S/C26H26ClN5O5S2/c27-22-12-13-23(38-22)39(36,37)31-25(34)29-17-6-9-19(10-7-17)32-24(33)20-11-8-18(14-21(20)30-26(32)35)28-15-16-4-2-1-3-5-16/h6-14,16,28H,1-5,15H2,(H,30,35)(H2,29,31,34). The Morgan fingerprint density at radius 1 is 1.00 bits per heavy atom. The Morgan fingerprint density at radius 2 is 1.72 bits per heavy atom. The number of benzene rings is 2. The van der Waals surface area contributed by atoms with Crippen LogP contribution in [0.2, 0.25) is 4.34 Å². The fraction of sp³-hybridized carbons (Fsp3) is 0.269. The molecule has 13 heteroatoms. The summed E-state index contributed by atoms with van der Waals surface area (Å²) in [6, 6.07) is 12.9. The molecule has 5 rings (SSSR count). The normalized spacial score (nSPS) is 14.3. The van der Waals surface area contributed by atoms with Crippen molar-refractivity contribution in [3.8, 4) is 5.69 Å². The molecule has 0 radical (unpaired) electrons. The molecule has 0 spiro atoms. The number of fused-ring (bicyclic) bond motifs is 1. The molecule has 0 atom stereocenters. The molecule has 4 aromatic rings. The van der Waals surface area contributed by atoms with Crippen molar-refractivity contribution in [2.24, 2.45) is 5.92 Å². The summed E-state index contributed by atoms with van der Waals surface area (Å²) < 4.78 is 27.7. The minimum Gasteiger partial charge on any atom is -0.385 e. The number of H-pyrrole nitrogens is 1. The zero-order valence-corrected chi connectivity index (χ0v) is 23.1. The number of carbonyl (C=O) groups excluding carboxylic acids is 1. The molecule has 1 aliphatic rings. The molecule has 0 bridgehead atoms. The average Bonchev–Trinajstić information content (AvgIpc) is 3.36. The average molecular weight is 588 g/mol. The highest BCUT2D eigenvalue weighted by Gasteiger charge is 2.20. The van der Waals surface area contributed by atoms with Crippen molar-refractivity contribution in [1.82, 2.24) is 14.3 Å². The quantitative estimate of drug-likeness (QED) is 0.242. The number of sulfonamides is 1. The summed E-state index contributed by atoms with van der Waals surface area (Å²) in [7, 11) is -4.08. The van der Waals surface area contributed by atoms with E-state index in [0.29, 0.717) is 16.8 Å². The van der Waals surface area contributed by atoms with Crippen LogP contribution in [0.1, 0.15) is 32.1 Å². The predicted molar refractivity (Wildman–Crippen MR) is 154 cm³/mol. The van der Waals surface area contributed by atoms with Crippen LogP contribution in [-0.4, -0.2) is 30.5 Å². The summed E-state index contributed by atoms with van der Waals surface area (Å²) in [5.41, 5.74) is 0.753. The molecule has 1 fully saturated rings. The van der Waals surface area contributed by atoms with Crippen LogP contribution in [0, 0.1) is 5.92 Å². The molecule has 4 N–H and O–H groups in total. The molecular formula is C26H26ClN5O5S2. The van der Waals surface area contributed by atoms with E-state index >= 15 is 0 Å². The van der Waals surface area contributed by atoms with E-state index in [1.165, 1.54) is 68.5 Å². The molecular weight excluding hydrogens is 562 g/mol. The number of hydrogen-bond donors (Lipinski definition) is 4. The summed E-state index contributed by atoms with van der Waals surface area (Å²) in [6.07, 6.45) is 6.24. The molecule has 2 aromatic heterocycles. The molecule has 1 aliphatic carbocycles. The van der Waals surface area contributed by atoms with Gasteiger partial charge in [-0.05, 0) is 73.4 Å². The molecule has 2 amide bonds. The van der Waals surface area contributed by atoms with Gasteiger partial charge in [0.1, 0.15) is 4.21 Å². The van der Waals surface area contributed by atoms with E-state index in [1.54, 1.807) is 12.1 Å². The first kappa shape index (κ1) is 27.0. The van der Waals surface area contributed by atoms with Gasteiger partial charge in [0.2, 0.25) is 0 Å². The number of anilines is 2. The smallest absolute Gasteiger partial charge is 0.333 e. The lowest BCUT2D eigenvalue weighted by Gasteiger charge is -2.22. The zero-order chi connectivity index (χ0) is 27.6. The van der Waals surface area contributed by atoms with E-state index in [2.05, 4.69) is 15.6 Å². The molecule has 204 valence electrons. The minimum absolute atomic E-state index is 0.0972. The van der Waals surface area contributed by atoms with Gasteiger partial charge in [-0.3, -0.25) is 4.79 Å². The highest BCUT2D eigenvalue weighted by Crippen LogP contribution is 2.26. The summed E-state index contributed by atoms with van der Waals surface area (Å²) in [4.78, 5) is 41.1. The number of amides is 2. The van der Waals surface area contributed by atoms with Crippen LogP contribution in [0.15, 0.2) is 68.4 Å². The topological polar surface area (TPSA) is 142 Å². The monoisotopic (exact) mass is 587 g/mol. The van der Waals surface area contributed by atoms with Crippen molar-refractivity contribution < 1.29 is 13.2 Å². The highest BCUT2D eigenvalue weighted by molar-refractivity contribution is 7.92. The molecule has 10 nitrogen and oxygen atoms in total. The maximum Gasteiger partial charge on any atom is 0.333 e. The van der Waals surface area contributed by atoms with Crippen LogP contribution in [0.3, 0.4) is 0 Å². The van der Waals surface area contributed by atoms with Crippen LogP contribution in [0.4, 0.5) is 16.2 Å². The van der Waals surface area contributed by atoms with E-state index in [9.17, 15) is 22.8 Å². The van der Waals surface area contributed by atoms with Gasteiger partial charge in [0.15, 0.2) is 0 Å². The van der Waals surface area contributed by atoms with Gasteiger partial charge in [-0.1, -0.05) is 30.9 Å². The number of carbonyl (C=O) groups is 1. The number of urea groups is 1. The van der Waals surface area contributed by atoms with Crippen LogP contribution >= 0.6 is 22.9 Å². The number of hydrogen-bond acceptors (Lipinski definition) is 7. The molecule has 39 heavy (non-hydrogen) atoms. The van der Waals surface area contributed by atoms with Gasteiger partial charge in [0.25, 0.3) is 15.6 Å². The molecule has 2 heterocycles. The van der Waals surface area contributed by atoms with Gasteiger partial charge in [-0.25, -0.2) is 27.3 Å². The first-order valence-corrected chi connectivity index (χ1v) is 15.1. The number of nitrogens with zero attached hydrogens (tertiary/aromatic N) is 1. The van der Waals surface area contributed by atoms with E-state index in [1.807, 2.05) is 10.8 Å². The van der Waals surface area contributed by atoms with Crippen molar-refractivity contribution in [3.63, 3.8) is 0 Å². The lowest BCUT2D eigenvalue weighted by atomic mass is 9.89. The molecule has 0 saturated heterocycles. The van der Waals surface area contributed by atoms with E-state index in [0.717, 1.165) is 28.1 Å². The van der Waals surface area contributed by atoms with Crippen molar-refractivity contribution in [3.05, 3.63) is 79.8 Å². The lowest BCUT2D eigenvalue weighted by Crippen LogP contribution is -2.34. The third kappa shape index (κ3) is 6.18. The maximum absolute atomic E-state index is 13.2. The van der Waals surface area contributed by atoms with Crippen molar-refractivity contribution in [2.45, 2.75) is 36.3 Å². The SMILES string of the molecule is O=C(Nc1ccc(-n2c(=O)[nH]c3cc(NCC4CCCCC4)ccc3c2=O)cc1)NS(=O)(=O)c1ccc(Cl)s1. The Hall–Kier alpha value is -3.61. The van der Waals surface area contributed by atoms with Crippen LogP contribution < -0.4 is 26.6 Å². The number of aromatic amines is 1. The highest BCUT2D eigenvalue weighted by atomic mass is 35.5. The fourth-order valence-electron chi connectivity index (χ4n) is 4.68. The van der Waals surface area contributed by atoms with Crippen molar-refractivity contribution in [2.75, 3.05) is 17.2 Å². The van der Waals surface area contributed by atoms with Crippen LogP contribution in [-0.2, 0) is 10.0 Å². The van der Waals surface area contributed by atoms with Gasteiger partial charge < -0.3 is 15.6 Å². The lowest BCUT2D eigenvalue weighted by molar-refractivity contribution is 0.256. The van der Waals surface area contributed by atoms with Crippen molar-refractivity contribution >= 4 is 61.3 Å². The zero-order valence-electron chi connectivity index (χ0n) is 20.7. The second-order valence-electron chi connectivity index (χ2n) is 9.38. The van der Waals surface area contributed by atoms with Crippen molar-refractivity contribution in [1.29, 1.82) is 0 Å². The third-order valence-corrected chi connectivity index (χ3v) is 9.70. The van der Waals surface area contributed by atoms with E-state index in [4.69, 9.17) is 11.6 Å². The third-order valence-electron chi connectivity index (χ3n) is 6.64. The number of halogens is 1. The van der Waals surface area contributed by atoms with Gasteiger partial charge in [0, 0.05) is 17.9 Å². The first-order valence-electron chi connectivity index (χ1n) is 12.4. The fourth-order valence-corrected chi connectivity index (χ4v) is 7.07. The maximum atomic E-state index is 13.2. The molecule has 0 unspecified atom stereocenters. The summed E-state index contributed by atoms with van der Waals surface area (Å²) in [5.74, 6) is 0.634. The molecule has 2 aromatic carbocycles. The first-order chi connectivity index (χ1) is 18.7. The molecule has 0 aliphatic heterocycles. The molecule has 1 saturated carbocycles. The predicted octanol–water partition coefficient (Wildman–Crippen LogP) is 4.90. The Balaban J connectivity index is 1.30. The Labute approximate surface area is 233 Å². The van der Waals surface area contributed by atoms with Gasteiger partial charge in [-0.2, -0.15) is 0 Å². The van der Waals surface area contributed by atoms with Gasteiger partial charge in [-0.15, -0.1) is 11.3 Å². The number of nitrogens with one attached hydrogen (secondary N) is 4. The Bertz CT molecular complexity index is 1740. The summed E-state index contributed by atoms with van der Waals surface area (Å²) >= 11 is 6.59. The minimum atomic E-state index is -4.08. The summed E-state index contributed by atoms with van der Waals surface area (Å²) in [6.45, 7) is 0.861. The van der Waals surface area contributed by atoms with E-state index in [-0.39, 0.29) is 19.9 Å². The number of aromatic nitrogens is 2. The Morgan fingerprint density at radius 3 is 2.41 bits per heavy atom. The second-order valence-corrected chi connectivity index (χ2v) is 13.0. The number of rotatable bonds is 7. The van der Waals surface area contributed by atoms with Gasteiger partial charge in [0.05, 0.1) is 20.9 Å². The van der Waals surface area contributed by atoms with E-state index < -0.39 is 27.3 Å². The largest absolute Gasteiger partial charge is 0.385 e. The summed E-state index contributed by atoms with van der Waals surface area (Å²) in [5, 5.41) is 6.20. The second kappa shape index (κ2) is 11.2. The van der Waals surface area contributed by atoms with Gasteiger partial charge >= 0.3 is 11.7 Å². The number of thiophene rings is 1. The Kier molecular flexibility index (Phi) is 7.78. The van der Waals surface area contributed by atoms with Crippen LogP contribution in [0.5, 0.6) is 0 Å². The van der Waals surface area contributed by atoms with Crippen LogP contribution in [0.25, 0.3) is 16.6 Å².